The van der Waals surface area contributed by atoms with Crippen molar-refractivity contribution in [2.45, 2.75) is 38.6 Å². The van der Waals surface area contributed by atoms with E-state index in [1.807, 2.05) is 13.0 Å². The molecule has 1 heterocycles. The van der Waals surface area contributed by atoms with E-state index in [0.717, 1.165) is 36.9 Å². The van der Waals surface area contributed by atoms with Crippen molar-refractivity contribution < 1.29 is 4.79 Å². The number of fused-ring (bicyclic) bond motifs is 1. The van der Waals surface area contributed by atoms with Crippen LogP contribution in [0.4, 0.5) is 5.82 Å². The minimum absolute atomic E-state index is 0.0669. The monoisotopic (exact) mass is 248 g/mol. The van der Waals surface area contributed by atoms with E-state index in [2.05, 4.69) is 10.3 Å². The van der Waals surface area contributed by atoms with E-state index in [1.54, 1.807) is 0 Å². The number of carbonyl (C=O) groups is 1. The molecule has 18 heavy (non-hydrogen) atoms. The van der Waals surface area contributed by atoms with Crippen LogP contribution in [0.2, 0.25) is 0 Å². The second-order valence-electron chi connectivity index (χ2n) is 4.84. The quantitative estimate of drug-likeness (QED) is 0.735. The molecule has 0 bridgehead atoms. The Morgan fingerprint density at radius 3 is 2.89 bits per heavy atom. The number of rotatable bonds is 4. The summed E-state index contributed by atoms with van der Waals surface area (Å²) >= 11 is 0. The number of aryl methyl sites for hydroxylation is 2. The molecule has 0 aliphatic heterocycles. The van der Waals surface area contributed by atoms with Gasteiger partial charge in [-0.05, 0) is 44.2 Å². The van der Waals surface area contributed by atoms with Crippen molar-refractivity contribution in [2.75, 3.05) is 11.9 Å². The highest BCUT2D eigenvalue weighted by molar-refractivity contribution is 5.97. The molecule has 1 aliphatic rings. The van der Waals surface area contributed by atoms with Crippen molar-refractivity contribution in [3.63, 3.8) is 0 Å². The number of nitrogens with zero attached hydrogens (tertiary/aromatic N) is 1. The van der Waals surface area contributed by atoms with E-state index < -0.39 is 5.91 Å². The van der Waals surface area contributed by atoms with E-state index in [0.29, 0.717) is 17.9 Å². The average molecular weight is 248 g/mol. The molecule has 98 valence electrons. The third-order valence-electron chi connectivity index (χ3n) is 3.30. The first-order chi connectivity index (χ1) is 8.61. The molecule has 2 rings (SSSR count). The van der Waals surface area contributed by atoms with Crippen molar-refractivity contribution in [1.29, 1.82) is 0 Å². The zero-order valence-electron chi connectivity index (χ0n) is 10.7. The number of pyridine rings is 1. The molecule has 5 N–H and O–H groups in total. The summed E-state index contributed by atoms with van der Waals surface area (Å²) in [5.74, 6) is 0.128. The maximum absolute atomic E-state index is 11.5. The van der Waals surface area contributed by atoms with Gasteiger partial charge in [0.25, 0.3) is 5.91 Å². The minimum atomic E-state index is -0.442. The zero-order valence-corrected chi connectivity index (χ0v) is 10.7. The van der Waals surface area contributed by atoms with Crippen LogP contribution in [0.25, 0.3) is 0 Å². The first kappa shape index (κ1) is 12.8. The molecule has 1 atom stereocenters. The van der Waals surface area contributed by atoms with Gasteiger partial charge in [-0.25, -0.2) is 4.98 Å². The number of amides is 1. The van der Waals surface area contributed by atoms with Gasteiger partial charge in [-0.15, -0.1) is 0 Å². The topological polar surface area (TPSA) is 94.0 Å². The first-order valence-electron chi connectivity index (χ1n) is 6.41. The van der Waals surface area contributed by atoms with E-state index in [-0.39, 0.29) is 6.04 Å². The number of hydrogen-bond donors (Lipinski definition) is 3. The van der Waals surface area contributed by atoms with Gasteiger partial charge >= 0.3 is 0 Å². The Labute approximate surface area is 107 Å². The van der Waals surface area contributed by atoms with Gasteiger partial charge in [0, 0.05) is 18.3 Å². The van der Waals surface area contributed by atoms with Crippen molar-refractivity contribution in [3.05, 3.63) is 22.9 Å². The second-order valence-corrected chi connectivity index (χ2v) is 4.84. The molecule has 0 fully saturated rings. The molecular formula is C13H20N4O. The maximum Gasteiger partial charge on any atom is 0.252 e. The van der Waals surface area contributed by atoms with Crippen molar-refractivity contribution in [2.24, 2.45) is 11.5 Å². The van der Waals surface area contributed by atoms with Crippen molar-refractivity contribution in [3.8, 4) is 0 Å². The van der Waals surface area contributed by atoms with Crippen LogP contribution in [-0.4, -0.2) is 23.5 Å². The van der Waals surface area contributed by atoms with Crippen LogP contribution in [0.1, 0.15) is 41.4 Å². The van der Waals surface area contributed by atoms with E-state index in [1.165, 1.54) is 0 Å². The predicted octanol–water partition coefficient (Wildman–Crippen LogP) is 0.818. The lowest BCUT2D eigenvalue weighted by molar-refractivity contribution is 0.100. The van der Waals surface area contributed by atoms with Crippen LogP contribution in [0.15, 0.2) is 6.07 Å². The number of primary amides is 1. The van der Waals surface area contributed by atoms with Gasteiger partial charge in [0.1, 0.15) is 5.82 Å². The lowest BCUT2D eigenvalue weighted by Crippen LogP contribution is -2.28. The summed E-state index contributed by atoms with van der Waals surface area (Å²) in [7, 11) is 0. The number of anilines is 1. The minimum Gasteiger partial charge on any atom is -0.366 e. The molecule has 0 radical (unpaired) electrons. The fraction of sp³-hybridized carbons (Fsp3) is 0.538. The molecule has 1 aliphatic carbocycles. The SMILES string of the molecule is CC(CN)Nc1nc2c(cc1C(N)=O)CCCC2. The van der Waals surface area contributed by atoms with Gasteiger partial charge < -0.3 is 16.8 Å². The number of nitrogens with two attached hydrogens (primary N) is 2. The van der Waals surface area contributed by atoms with Crippen LogP contribution in [-0.2, 0) is 12.8 Å². The van der Waals surface area contributed by atoms with Gasteiger partial charge in [0.15, 0.2) is 0 Å². The highest BCUT2D eigenvalue weighted by atomic mass is 16.1. The highest BCUT2D eigenvalue weighted by Crippen LogP contribution is 2.24. The largest absolute Gasteiger partial charge is 0.366 e. The van der Waals surface area contributed by atoms with Crippen molar-refractivity contribution in [1.82, 2.24) is 4.98 Å². The Morgan fingerprint density at radius 2 is 2.22 bits per heavy atom. The maximum atomic E-state index is 11.5. The molecule has 5 heteroatoms. The molecule has 0 saturated heterocycles. The van der Waals surface area contributed by atoms with Crippen molar-refractivity contribution >= 4 is 11.7 Å². The molecular weight excluding hydrogens is 228 g/mol. The normalized spacial score (nSPS) is 15.9. The third-order valence-corrected chi connectivity index (χ3v) is 3.30. The molecule has 0 saturated carbocycles. The Hall–Kier alpha value is -1.62. The van der Waals surface area contributed by atoms with Crippen LogP contribution in [0, 0.1) is 0 Å². The summed E-state index contributed by atoms with van der Waals surface area (Å²) in [4.78, 5) is 16.0. The molecule has 1 unspecified atom stereocenters. The van der Waals surface area contributed by atoms with Gasteiger partial charge in [0.05, 0.1) is 5.56 Å². The fourth-order valence-corrected chi connectivity index (χ4v) is 2.22. The summed E-state index contributed by atoms with van der Waals surface area (Å²) < 4.78 is 0. The summed E-state index contributed by atoms with van der Waals surface area (Å²) in [6.45, 7) is 2.43. The van der Waals surface area contributed by atoms with Crippen LogP contribution < -0.4 is 16.8 Å². The van der Waals surface area contributed by atoms with E-state index in [4.69, 9.17) is 11.5 Å². The third kappa shape index (κ3) is 2.61. The van der Waals surface area contributed by atoms with Gasteiger partial charge in [0.2, 0.25) is 0 Å². The van der Waals surface area contributed by atoms with Gasteiger partial charge in [-0.2, -0.15) is 0 Å². The first-order valence-corrected chi connectivity index (χ1v) is 6.41. The highest BCUT2D eigenvalue weighted by Gasteiger charge is 2.18. The number of hydrogen-bond acceptors (Lipinski definition) is 4. The number of carbonyl (C=O) groups excluding carboxylic acids is 1. The Morgan fingerprint density at radius 1 is 1.50 bits per heavy atom. The van der Waals surface area contributed by atoms with Gasteiger partial charge in [-0.3, -0.25) is 4.79 Å². The van der Waals surface area contributed by atoms with E-state index in [9.17, 15) is 4.79 Å². The average Bonchev–Trinajstić information content (AvgIpc) is 2.37. The molecule has 1 aromatic rings. The lowest BCUT2D eigenvalue weighted by atomic mass is 9.94. The van der Waals surface area contributed by atoms with E-state index >= 15 is 0 Å². The predicted molar refractivity (Wildman–Crippen MR) is 71.5 cm³/mol. The molecule has 0 spiro atoms. The standard InChI is InChI=1S/C13H20N4O/c1-8(7-14)16-13-10(12(15)18)6-9-4-2-3-5-11(9)17-13/h6,8H,2-5,7,14H2,1H3,(H2,15,18)(H,16,17). The van der Waals surface area contributed by atoms with Crippen LogP contribution in [0.5, 0.6) is 0 Å². The van der Waals surface area contributed by atoms with Gasteiger partial charge in [-0.1, -0.05) is 0 Å². The number of aromatic nitrogens is 1. The molecule has 5 nitrogen and oxygen atoms in total. The lowest BCUT2D eigenvalue weighted by Gasteiger charge is -2.20. The summed E-state index contributed by atoms with van der Waals surface area (Å²) in [5.41, 5.74) is 13.7. The summed E-state index contributed by atoms with van der Waals surface area (Å²) in [5, 5.41) is 3.15. The van der Waals surface area contributed by atoms with Crippen LogP contribution in [0.3, 0.4) is 0 Å². The number of nitrogens with one attached hydrogen (secondary N) is 1. The Bertz CT molecular complexity index is 459. The Kier molecular flexibility index (Phi) is 3.81. The zero-order chi connectivity index (χ0) is 13.1. The second kappa shape index (κ2) is 5.35. The summed E-state index contributed by atoms with van der Waals surface area (Å²) in [6.07, 6.45) is 4.26. The molecule has 0 aromatic carbocycles. The fourth-order valence-electron chi connectivity index (χ4n) is 2.22. The molecule has 1 aromatic heterocycles. The van der Waals surface area contributed by atoms with Crippen LogP contribution >= 0.6 is 0 Å². The molecule has 1 amide bonds. The smallest absolute Gasteiger partial charge is 0.252 e. The Balaban J connectivity index is 2.39. The summed E-state index contributed by atoms with van der Waals surface area (Å²) in [6, 6.07) is 1.95.